The van der Waals surface area contributed by atoms with Crippen molar-refractivity contribution in [3.05, 3.63) is 34.9 Å². The minimum Gasteiger partial charge on any atom is -0.478 e. The Hall–Kier alpha value is -1.88. The van der Waals surface area contributed by atoms with E-state index in [2.05, 4.69) is 0 Å². The molecule has 110 valence electrons. The van der Waals surface area contributed by atoms with E-state index in [0.29, 0.717) is 6.04 Å². The van der Waals surface area contributed by atoms with E-state index < -0.39 is 11.9 Å². The second-order valence-corrected chi connectivity index (χ2v) is 4.99. The maximum atomic E-state index is 10.6. The minimum atomic E-state index is -1.11. The lowest BCUT2D eigenvalue weighted by Crippen LogP contribution is -2.22. The monoisotopic (exact) mass is 279 g/mol. The number of benzene rings is 1. The molecule has 5 heteroatoms. The van der Waals surface area contributed by atoms with Crippen LogP contribution >= 0.6 is 0 Å². The highest BCUT2D eigenvalue weighted by atomic mass is 16.4. The lowest BCUT2D eigenvalue weighted by atomic mass is 9.97. The van der Waals surface area contributed by atoms with Crippen molar-refractivity contribution in [2.75, 3.05) is 0 Å². The van der Waals surface area contributed by atoms with Crippen LogP contribution in [0.25, 0.3) is 0 Å². The van der Waals surface area contributed by atoms with E-state index in [4.69, 9.17) is 15.9 Å². The summed E-state index contributed by atoms with van der Waals surface area (Å²) in [6.07, 6.45) is 6.66. The van der Waals surface area contributed by atoms with Crippen LogP contribution in [-0.2, 0) is 0 Å². The third-order valence-corrected chi connectivity index (χ3v) is 3.44. The van der Waals surface area contributed by atoms with Gasteiger partial charge in [-0.25, -0.2) is 9.59 Å². The number of carboxylic acids is 2. The van der Waals surface area contributed by atoms with Crippen molar-refractivity contribution >= 4 is 11.9 Å². The van der Waals surface area contributed by atoms with Crippen LogP contribution in [0.1, 0.15) is 58.4 Å². The molecule has 0 spiro atoms. The topological polar surface area (TPSA) is 101 Å². The number of rotatable bonds is 2. The molecule has 0 saturated heterocycles. The van der Waals surface area contributed by atoms with Crippen LogP contribution in [0.2, 0.25) is 0 Å². The van der Waals surface area contributed by atoms with Crippen molar-refractivity contribution < 1.29 is 19.8 Å². The van der Waals surface area contributed by atoms with Crippen molar-refractivity contribution in [1.29, 1.82) is 0 Å². The second-order valence-electron chi connectivity index (χ2n) is 4.99. The molecule has 5 nitrogen and oxygen atoms in total. The van der Waals surface area contributed by atoms with E-state index in [1.165, 1.54) is 57.2 Å². The summed E-state index contributed by atoms with van der Waals surface area (Å²) in [5.74, 6) is -2.22. The Morgan fingerprint density at radius 2 is 1.50 bits per heavy atom. The van der Waals surface area contributed by atoms with E-state index >= 15 is 0 Å². The zero-order chi connectivity index (χ0) is 15.1. The van der Waals surface area contributed by atoms with Crippen molar-refractivity contribution in [2.24, 2.45) is 5.73 Å². The molecule has 0 radical (unpaired) electrons. The largest absolute Gasteiger partial charge is 0.478 e. The molecular formula is C15H21NO4. The molecule has 1 aliphatic rings. The predicted octanol–water partition coefficient (Wildman–Crippen LogP) is 2.67. The number of carboxylic acid groups (broad SMARTS) is 2. The third kappa shape index (κ3) is 4.66. The van der Waals surface area contributed by atoms with E-state index in [-0.39, 0.29) is 16.7 Å². The molecule has 1 aromatic carbocycles. The van der Waals surface area contributed by atoms with E-state index in [0.717, 1.165) is 0 Å². The molecule has 1 aromatic rings. The first-order valence-electron chi connectivity index (χ1n) is 6.75. The fourth-order valence-corrected chi connectivity index (χ4v) is 2.23. The Bertz CT molecular complexity index is 447. The van der Waals surface area contributed by atoms with Gasteiger partial charge in [-0.3, -0.25) is 0 Å². The lowest BCUT2D eigenvalue weighted by Gasteiger charge is -2.15. The van der Waals surface area contributed by atoms with Crippen molar-refractivity contribution in [2.45, 2.75) is 45.1 Å². The maximum absolute atomic E-state index is 10.6. The van der Waals surface area contributed by atoms with Gasteiger partial charge < -0.3 is 15.9 Å². The molecule has 0 bridgehead atoms. The molecule has 1 aliphatic carbocycles. The van der Waals surface area contributed by atoms with Gasteiger partial charge in [0.25, 0.3) is 0 Å². The van der Waals surface area contributed by atoms with Gasteiger partial charge in [0.05, 0.1) is 11.1 Å². The zero-order valence-corrected chi connectivity index (χ0v) is 11.6. The Morgan fingerprint density at radius 3 is 1.80 bits per heavy atom. The van der Waals surface area contributed by atoms with Gasteiger partial charge in [-0.2, -0.15) is 0 Å². The van der Waals surface area contributed by atoms with Gasteiger partial charge >= 0.3 is 11.9 Å². The number of hydrogen-bond donors (Lipinski definition) is 3. The molecule has 0 heterocycles. The highest BCUT2D eigenvalue weighted by Gasteiger charge is 2.13. The third-order valence-electron chi connectivity index (χ3n) is 3.44. The van der Waals surface area contributed by atoms with Gasteiger partial charge in [-0.1, -0.05) is 25.3 Å². The Morgan fingerprint density at radius 1 is 1.05 bits per heavy atom. The average molecular weight is 279 g/mol. The van der Waals surface area contributed by atoms with Crippen LogP contribution in [0.3, 0.4) is 0 Å². The summed E-state index contributed by atoms with van der Waals surface area (Å²) in [4.78, 5) is 21.2. The van der Waals surface area contributed by atoms with E-state index in [9.17, 15) is 9.59 Å². The van der Waals surface area contributed by atoms with Gasteiger partial charge in [0.2, 0.25) is 0 Å². The average Bonchev–Trinajstić information content (AvgIpc) is 2.40. The van der Waals surface area contributed by atoms with Gasteiger partial charge in [0.1, 0.15) is 0 Å². The lowest BCUT2D eigenvalue weighted by molar-refractivity contribution is 0.0696. The molecule has 2 rings (SSSR count). The molecule has 20 heavy (non-hydrogen) atoms. The molecule has 1 saturated carbocycles. The van der Waals surface area contributed by atoms with Crippen LogP contribution < -0.4 is 5.73 Å². The molecule has 4 N–H and O–H groups in total. The first-order valence-corrected chi connectivity index (χ1v) is 6.75. The quantitative estimate of drug-likeness (QED) is 0.772. The van der Waals surface area contributed by atoms with Crippen molar-refractivity contribution in [3.8, 4) is 0 Å². The maximum Gasteiger partial charge on any atom is 0.335 e. The summed E-state index contributed by atoms with van der Waals surface area (Å²) in [6, 6.07) is 4.71. The highest BCUT2D eigenvalue weighted by molar-refractivity contribution is 5.96. The first-order chi connectivity index (χ1) is 9.43. The van der Waals surface area contributed by atoms with Gasteiger partial charge in [-0.15, -0.1) is 0 Å². The molecule has 0 atom stereocenters. The minimum absolute atomic E-state index is 0.0277. The number of nitrogens with two attached hydrogens (primary N) is 1. The van der Waals surface area contributed by atoms with Crippen LogP contribution in [0.4, 0.5) is 0 Å². The van der Waals surface area contributed by atoms with Crippen molar-refractivity contribution in [3.63, 3.8) is 0 Å². The van der Waals surface area contributed by atoms with Gasteiger partial charge in [0, 0.05) is 6.04 Å². The van der Waals surface area contributed by atoms with Crippen LogP contribution in [-0.4, -0.2) is 28.2 Å². The number of hydrogen-bond acceptors (Lipinski definition) is 3. The molecule has 0 aromatic heterocycles. The molecule has 0 aliphatic heterocycles. The van der Waals surface area contributed by atoms with E-state index in [1.54, 1.807) is 0 Å². The normalized spacial score (nSPS) is 15.1. The number of aromatic carboxylic acids is 2. The molecule has 1 fully saturated rings. The second kappa shape index (κ2) is 7.65. The SMILES string of the molecule is Cc1c(C(=O)O)cccc1C(=O)O.NC1CCCCC1. The summed E-state index contributed by atoms with van der Waals surface area (Å²) >= 11 is 0. The van der Waals surface area contributed by atoms with Crippen molar-refractivity contribution in [1.82, 2.24) is 0 Å². The van der Waals surface area contributed by atoms with Crippen LogP contribution in [0.15, 0.2) is 18.2 Å². The summed E-state index contributed by atoms with van der Waals surface area (Å²) in [7, 11) is 0. The molecule has 0 unspecified atom stereocenters. The molecular weight excluding hydrogens is 258 g/mol. The predicted molar refractivity (Wildman–Crippen MR) is 76.2 cm³/mol. The zero-order valence-electron chi connectivity index (χ0n) is 11.6. The van der Waals surface area contributed by atoms with Crippen LogP contribution in [0, 0.1) is 6.92 Å². The Labute approximate surface area is 118 Å². The standard InChI is InChI=1S/C9H8O4.C6H13N/c1-5-6(8(10)11)3-2-4-7(5)9(12)13;7-6-4-2-1-3-5-6/h2-4H,1H3,(H,10,11)(H,12,13);6H,1-5,7H2. The van der Waals surface area contributed by atoms with Gasteiger partial charge in [0.15, 0.2) is 0 Å². The number of carbonyl (C=O) groups is 2. The smallest absolute Gasteiger partial charge is 0.335 e. The Kier molecular flexibility index (Phi) is 6.18. The van der Waals surface area contributed by atoms with E-state index in [1.807, 2.05) is 0 Å². The molecule has 0 amide bonds. The fourth-order valence-electron chi connectivity index (χ4n) is 2.23. The summed E-state index contributed by atoms with van der Waals surface area (Å²) in [5.41, 5.74) is 5.97. The first kappa shape index (κ1) is 16.2. The fraction of sp³-hybridized carbons (Fsp3) is 0.467. The summed E-state index contributed by atoms with van der Waals surface area (Å²) in [6.45, 7) is 1.48. The van der Waals surface area contributed by atoms with Gasteiger partial charge in [-0.05, 0) is 37.5 Å². The Balaban J connectivity index is 0.000000240. The highest BCUT2D eigenvalue weighted by Crippen LogP contribution is 2.15. The summed E-state index contributed by atoms with van der Waals surface area (Å²) in [5, 5.41) is 17.4. The van der Waals surface area contributed by atoms with Crippen LogP contribution in [0.5, 0.6) is 0 Å². The summed E-state index contributed by atoms with van der Waals surface area (Å²) < 4.78 is 0.